The van der Waals surface area contributed by atoms with Crippen molar-refractivity contribution < 1.29 is 17.9 Å². The van der Waals surface area contributed by atoms with E-state index in [0.29, 0.717) is 18.8 Å². The molecule has 1 N–H and O–H groups in total. The summed E-state index contributed by atoms with van der Waals surface area (Å²) in [4.78, 5) is 16.7. The van der Waals surface area contributed by atoms with Gasteiger partial charge in [0.1, 0.15) is 0 Å². The van der Waals surface area contributed by atoms with Crippen LogP contribution in [0.1, 0.15) is 6.42 Å². The van der Waals surface area contributed by atoms with Crippen LogP contribution in [0.5, 0.6) is 0 Å². The van der Waals surface area contributed by atoms with E-state index in [2.05, 4.69) is 10.3 Å². The van der Waals surface area contributed by atoms with Crippen LogP contribution in [0.15, 0.2) is 24.5 Å². The van der Waals surface area contributed by atoms with E-state index in [0.717, 1.165) is 6.42 Å². The lowest BCUT2D eigenvalue weighted by molar-refractivity contribution is -0.124. The van der Waals surface area contributed by atoms with Gasteiger partial charge in [-0.1, -0.05) is 0 Å². The standard InChI is InChI=1S/C15H22N4O4S/c1-18(2)24(21,22)19-9-13(12-5-7-23-14(12)10-19)15(20)17-11-4-3-6-16-8-11/h3-4,6,8,12-14H,5,7,9-10H2,1-2H3,(H,17,20)/t12-,13-,14+/m0/s1. The largest absolute Gasteiger partial charge is 0.377 e. The van der Waals surface area contributed by atoms with E-state index in [9.17, 15) is 13.2 Å². The second kappa shape index (κ2) is 6.75. The van der Waals surface area contributed by atoms with Gasteiger partial charge < -0.3 is 10.1 Å². The summed E-state index contributed by atoms with van der Waals surface area (Å²) in [5, 5.41) is 2.83. The highest BCUT2D eigenvalue weighted by molar-refractivity contribution is 7.86. The fourth-order valence-corrected chi connectivity index (χ4v) is 4.46. The second-order valence-corrected chi connectivity index (χ2v) is 8.45. The average molecular weight is 354 g/mol. The molecular weight excluding hydrogens is 332 g/mol. The summed E-state index contributed by atoms with van der Waals surface area (Å²) in [6, 6.07) is 3.49. The molecule has 0 bridgehead atoms. The number of rotatable bonds is 4. The van der Waals surface area contributed by atoms with Gasteiger partial charge in [0.25, 0.3) is 10.2 Å². The van der Waals surface area contributed by atoms with Crippen molar-refractivity contribution in [3.63, 3.8) is 0 Å². The van der Waals surface area contributed by atoms with Crippen LogP contribution in [0.2, 0.25) is 0 Å². The van der Waals surface area contributed by atoms with E-state index >= 15 is 0 Å². The van der Waals surface area contributed by atoms with Crippen LogP contribution in [0.25, 0.3) is 0 Å². The summed E-state index contributed by atoms with van der Waals surface area (Å²) >= 11 is 0. The third kappa shape index (κ3) is 3.30. The lowest BCUT2D eigenvalue weighted by Gasteiger charge is -2.39. The Balaban J connectivity index is 1.80. The Labute approximate surface area is 142 Å². The molecule has 8 nitrogen and oxygen atoms in total. The molecule has 3 rings (SSSR count). The normalized spacial score (nSPS) is 27.9. The molecule has 0 unspecified atom stereocenters. The number of hydrogen-bond acceptors (Lipinski definition) is 5. The predicted octanol–water partition coefficient (Wildman–Crippen LogP) is 0.163. The first kappa shape index (κ1) is 17.3. The SMILES string of the molecule is CN(C)S(=O)(=O)N1C[C@H](C(=O)Nc2cccnc2)[C@@H]2CCO[C@@H]2C1. The second-order valence-electron chi connectivity index (χ2n) is 6.31. The number of nitrogens with one attached hydrogen (secondary N) is 1. The zero-order valence-electron chi connectivity index (χ0n) is 13.8. The number of nitrogens with zero attached hydrogens (tertiary/aromatic N) is 3. The molecule has 1 amide bonds. The summed E-state index contributed by atoms with van der Waals surface area (Å²) < 4.78 is 33.1. The van der Waals surface area contributed by atoms with Gasteiger partial charge in [0.15, 0.2) is 0 Å². The molecule has 3 heterocycles. The van der Waals surface area contributed by atoms with Gasteiger partial charge >= 0.3 is 0 Å². The van der Waals surface area contributed by atoms with Gasteiger partial charge in [-0.25, -0.2) is 0 Å². The Morgan fingerprint density at radius 3 is 2.88 bits per heavy atom. The number of anilines is 1. The Kier molecular flexibility index (Phi) is 4.86. The van der Waals surface area contributed by atoms with Crippen molar-refractivity contribution in [3.8, 4) is 0 Å². The Hall–Kier alpha value is -1.55. The van der Waals surface area contributed by atoms with Crippen LogP contribution in [0.4, 0.5) is 5.69 Å². The zero-order valence-corrected chi connectivity index (χ0v) is 14.6. The minimum absolute atomic E-state index is 0.0373. The molecule has 9 heteroatoms. The van der Waals surface area contributed by atoms with Crippen LogP contribution < -0.4 is 5.32 Å². The molecule has 1 aromatic rings. The Morgan fingerprint density at radius 1 is 1.42 bits per heavy atom. The topological polar surface area (TPSA) is 91.8 Å². The van der Waals surface area contributed by atoms with Crippen LogP contribution in [-0.2, 0) is 19.7 Å². The lowest BCUT2D eigenvalue weighted by Crippen LogP contribution is -2.55. The zero-order chi connectivity index (χ0) is 17.3. The van der Waals surface area contributed by atoms with E-state index in [-0.39, 0.29) is 24.5 Å². The van der Waals surface area contributed by atoms with Crippen molar-refractivity contribution in [1.82, 2.24) is 13.6 Å². The predicted molar refractivity (Wildman–Crippen MR) is 88.4 cm³/mol. The molecule has 0 radical (unpaired) electrons. The molecule has 0 saturated carbocycles. The highest BCUT2D eigenvalue weighted by atomic mass is 32.2. The number of aromatic nitrogens is 1. The van der Waals surface area contributed by atoms with Gasteiger partial charge in [-0.15, -0.1) is 0 Å². The average Bonchev–Trinajstić information content (AvgIpc) is 3.03. The summed E-state index contributed by atoms with van der Waals surface area (Å²) in [6.07, 6.45) is 3.73. The monoisotopic (exact) mass is 354 g/mol. The number of pyridine rings is 1. The first-order valence-electron chi connectivity index (χ1n) is 7.89. The minimum Gasteiger partial charge on any atom is -0.377 e. The fraction of sp³-hybridized carbons (Fsp3) is 0.600. The molecule has 0 aliphatic carbocycles. The highest BCUT2D eigenvalue weighted by Gasteiger charge is 2.47. The first-order chi connectivity index (χ1) is 11.4. The van der Waals surface area contributed by atoms with E-state index in [1.54, 1.807) is 24.5 Å². The number of amides is 1. The molecule has 3 atom stereocenters. The smallest absolute Gasteiger partial charge is 0.281 e. The van der Waals surface area contributed by atoms with E-state index in [1.807, 2.05) is 0 Å². The lowest BCUT2D eigenvalue weighted by atomic mass is 9.83. The molecule has 2 fully saturated rings. The van der Waals surface area contributed by atoms with Crippen molar-refractivity contribution >= 4 is 21.8 Å². The Morgan fingerprint density at radius 2 is 2.21 bits per heavy atom. The third-order valence-electron chi connectivity index (χ3n) is 4.61. The van der Waals surface area contributed by atoms with E-state index < -0.39 is 16.1 Å². The highest BCUT2D eigenvalue weighted by Crippen LogP contribution is 2.35. The fourth-order valence-electron chi connectivity index (χ4n) is 3.31. The maximum absolute atomic E-state index is 12.7. The molecule has 0 spiro atoms. The first-order valence-corrected chi connectivity index (χ1v) is 9.29. The van der Waals surface area contributed by atoms with Crippen molar-refractivity contribution in [3.05, 3.63) is 24.5 Å². The van der Waals surface area contributed by atoms with Crippen LogP contribution in [-0.4, -0.2) is 67.8 Å². The van der Waals surface area contributed by atoms with Crippen LogP contribution in [0, 0.1) is 11.8 Å². The van der Waals surface area contributed by atoms with Gasteiger partial charge in [0, 0.05) is 45.9 Å². The molecular formula is C15H22N4O4S. The number of carbonyl (C=O) groups is 1. The summed E-state index contributed by atoms with van der Waals surface area (Å²) in [6.45, 7) is 1.01. The Bertz CT molecular complexity index is 695. The van der Waals surface area contributed by atoms with Gasteiger partial charge in [0.05, 0.1) is 23.9 Å². The number of fused-ring (bicyclic) bond motifs is 1. The maximum atomic E-state index is 12.7. The molecule has 0 aromatic carbocycles. The van der Waals surface area contributed by atoms with Gasteiger partial charge in [-0.05, 0) is 18.6 Å². The molecule has 24 heavy (non-hydrogen) atoms. The maximum Gasteiger partial charge on any atom is 0.281 e. The van der Waals surface area contributed by atoms with Crippen LogP contribution >= 0.6 is 0 Å². The van der Waals surface area contributed by atoms with Crippen molar-refractivity contribution in [2.75, 3.05) is 39.1 Å². The van der Waals surface area contributed by atoms with Crippen molar-refractivity contribution in [1.29, 1.82) is 0 Å². The summed E-state index contributed by atoms with van der Waals surface area (Å²) in [5.41, 5.74) is 0.602. The summed E-state index contributed by atoms with van der Waals surface area (Å²) in [7, 11) is -0.608. The molecule has 1 aromatic heterocycles. The molecule has 132 valence electrons. The molecule has 2 saturated heterocycles. The molecule has 2 aliphatic heterocycles. The van der Waals surface area contributed by atoms with Crippen molar-refractivity contribution in [2.45, 2.75) is 12.5 Å². The van der Waals surface area contributed by atoms with Gasteiger partial charge in [-0.2, -0.15) is 17.0 Å². The van der Waals surface area contributed by atoms with Gasteiger partial charge in [-0.3, -0.25) is 9.78 Å². The third-order valence-corrected chi connectivity index (χ3v) is 6.49. The number of hydrogen-bond donors (Lipinski definition) is 1. The number of piperidine rings is 1. The summed E-state index contributed by atoms with van der Waals surface area (Å²) in [5.74, 6) is -0.598. The number of ether oxygens (including phenoxy) is 1. The number of carbonyl (C=O) groups excluding carboxylic acids is 1. The minimum atomic E-state index is -3.58. The van der Waals surface area contributed by atoms with E-state index in [4.69, 9.17) is 4.74 Å². The molecule has 2 aliphatic rings. The van der Waals surface area contributed by atoms with E-state index in [1.165, 1.54) is 22.7 Å². The van der Waals surface area contributed by atoms with Gasteiger partial charge in [0.2, 0.25) is 5.91 Å². The van der Waals surface area contributed by atoms with Crippen molar-refractivity contribution in [2.24, 2.45) is 11.8 Å². The quantitative estimate of drug-likeness (QED) is 0.832. The van der Waals surface area contributed by atoms with Crippen LogP contribution in [0.3, 0.4) is 0 Å².